The summed E-state index contributed by atoms with van der Waals surface area (Å²) in [6, 6.07) is 9.43. The van der Waals surface area contributed by atoms with Gasteiger partial charge in [-0.1, -0.05) is 11.6 Å². The molecule has 0 aliphatic heterocycles. The SMILES string of the molecule is O=C(Nc1ncnc2ccc(-c3ccc(F)nc3)nc12)c1cccnc1Cl. The molecule has 0 radical (unpaired) electrons. The van der Waals surface area contributed by atoms with E-state index in [2.05, 4.69) is 30.2 Å². The molecule has 1 amide bonds. The van der Waals surface area contributed by atoms with Crippen LogP contribution in [0.4, 0.5) is 10.2 Å². The monoisotopic (exact) mass is 380 g/mol. The van der Waals surface area contributed by atoms with Crippen molar-refractivity contribution < 1.29 is 9.18 Å². The number of halogens is 2. The number of pyridine rings is 3. The summed E-state index contributed by atoms with van der Waals surface area (Å²) in [5.74, 6) is -0.824. The molecule has 0 aliphatic rings. The highest BCUT2D eigenvalue weighted by Gasteiger charge is 2.15. The lowest BCUT2D eigenvalue weighted by molar-refractivity contribution is 0.102. The van der Waals surface area contributed by atoms with Crippen LogP contribution in [0.25, 0.3) is 22.3 Å². The fourth-order valence-corrected chi connectivity index (χ4v) is 2.66. The van der Waals surface area contributed by atoms with Gasteiger partial charge in [0.1, 0.15) is 17.0 Å². The third-order valence-corrected chi connectivity index (χ3v) is 4.04. The molecule has 7 nitrogen and oxygen atoms in total. The van der Waals surface area contributed by atoms with E-state index in [4.69, 9.17) is 11.6 Å². The van der Waals surface area contributed by atoms with Gasteiger partial charge in [-0.05, 0) is 36.4 Å². The summed E-state index contributed by atoms with van der Waals surface area (Å²) >= 11 is 5.96. The summed E-state index contributed by atoms with van der Waals surface area (Å²) in [4.78, 5) is 32.8. The summed E-state index contributed by atoms with van der Waals surface area (Å²) < 4.78 is 13.0. The highest BCUT2D eigenvalue weighted by molar-refractivity contribution is 6.33. The minimum Gasteiger partial charge on any atom is -0.305 e. The summed E-state index contributed by atoms with van der Waals surface area (Å²) in [6.45, 7) is 0. The largest absolute Gasteiger partial charge is 0.305 e. The molecule has 0 unspecified atom stereocenters. The van der Waals surface area contributed by atoms with E-state index >= 15 is 0 Å². The highest BCUT2D eigenvalue weighted by Crippen LogP contribution is 2.24. The predicted molar refractivity (Wildman–Crippen MR) is 97.7 cm³/mol. The van der Waals surface area contributed by atoms with Gasteiger partial charge in [0.05, 0.1) is 16.8 Å². The van der Waals surface area contributed by atoms with Gasteiger partial charge >= 0.3 is 0 Å². The van der Waals surface area contributed by atoms with Gasteiger partial charge in [-0.15, -0.1) is 0 Å². The van der Waals surface area contributed by atoms with Gasteiger partial charge in [-0.25, -0.2) is 24.9 Å². The Balaban J connectivity index is 1.74. The van der Waals surface area contributed by atoms with Crippen molar-refractivity contribution in [1.29, 1.82) is 0 Å². The van der Waals surface area contributed by atoms with Gasteiger partial charge in [-0.3, -0.25) is 4.79 Å². The Bertz CT molecular complexity index is 1150. The molecule has 0 atom stereocenters. The second-order valence-electron chi connectivity index (χ2n) is 5.45. The first kappa shape index (κ1) is 16.9. The molecule has 0 saturated heterocycles. The van der Waals surface area contributed by atoms with Crippen LogP contribution in [0.1, 0.15) is 10.4 Å². The molecule has 0 spiro atoms. The maximum Gasteiger partial charge on any atom is 0.260 e. The first-order valence-electron chi connectivity index (χ1n) is 7.77. The standard InChI is InChI=1S/C18H10ClFN6O/c19-16-11(2-1-7-21-16)18(27)26-17-15-13(23-9-24-17)5-4-12(25-15)10-3-6-14(20)22-8-10/h1-9H,(H,23,24,26,27). The van der Waals surface area contributed by atoms with Gasteiger partial charge in [0.15, 0.2) is 5.82 Å². The Morgan fingerprint density at radius 2 is 1.93 bits per heavy atom. The first-order valence-corrected chi connectivity index (χ1v) is 8.15. The molecule has 27 heavy (non-hydrogen) atoms. The third kappa shape index (κ3) is 3.42. The quantitative estimate of drug-likeness (QED) is 0.546. The summed E-state index contributed by atoms with van der Waals surface area (Å²) in [5, 5.41) is 2.76. The molecule has 0 aromatic carbocycles. The minimum absolute atomic E-state index is 0.0828. The Labute approximate surface area is 157 Å². The number of hydrogen-bond acceptors (Lipinski definition) is 6. The number of carbonyl (C=O) groups is 1. The fraction of sp³-hybridized carbons (Fsp3) is 0. The summed E-state index contributed by atoms with van der Waals surface area (Å²) in [7, 11) is 0. The average Bonchev–Trinajstić information content (AvgIpc) is 2.69. The van der Waals surface area contributed by atoms with Crippen LogP contribution in [0.2, 0.25) is 5.15 Å². The topological polar surface area (TPSA) is 93.6 Å². The molecule has 0 aliphatic carbocycles. The van der Waals surface area contributed by atoms with Crippen molar-refractivity contribution in [1.82, 2.24) is 24.9 Å². The number of rotatable bonds is 3. The molecule has 9 heteroatoms. The van der Waals surface area contributed by atoms with Crippen molar-refractivity contribution in [3.63, 3.8) is 0 Å². The van der Waals surface area contributed by atoms with E-state index in [1.807, 2.05) is 0 Å². The number of nitrogens with zero attached hydrogens (tertiary/aromatic N) is 5. The van der Waals surface area contributed by atoms with Crippen LogP contribution in [0, 0.1) is 5.95 Å². The average molecular weight is 381 g/mol. The van der Waals surface area contributed by atoms with Gasteiger partial charge in [0, 0.05) is 18.0 Å². The number of nitrogens with one attached hydrogen (secondary N) is 1. The lowest BCUT2D eigenvalue weighted by atomic mass is 10.2. The fourth-order valence-electron chi connectivity index (χ4n) is 2.45. The number of carbonyl (C=O) groups excluding carboxylic acids is 1. The molecule has 0 fully saturated rings. The first-order chi connectivity index (χ1) is 13.1. The van der Waals surface area contributed by atoms with Gasteiger partial charge in [0.25, 0.3) is 5.91 Å². The Morgan fingerprint density at radius 3 is 2.70 bits per heavy atom. The normalized spacial score (nSPS) is 10.7. The molecule has 4 rings (SSSR count). The second-order valence-corrected chi connectivity index (χ2v) is 5.81. The zero-order valence-electron chi connectivity index (χ0n) is 13.6. The Morgan fingerprint density at radius 1 is 1.04 bits per heavy atom. The lowest BCUT2D eigenvalue weighted by Crippen LogP contribution is -2.14. The van der Waals surface area contributed by atoms with Crippen LogP contribution < -0.4 is 5.32 Å². The van der Waals surface area contributed by atoms with Crippen molar-refractivity contribution in [3.8, 4) is 11.3 Å². The van der Waals surface area contributed by atoms with Crippen LogP contribution >= 0.6 is 11.6 Å². The van der Waals surface area contributed by atoms with Crippen molar-refractivity contribution in [2.75, 3.05) is 5.32 Å². The third-order valence-electron chi connectivity index (χ3n) is 3.74. The van der Waals surface area contributed by atoms with E-state index in [9.17, 15) is 9.18 Å². The number of anilines is 1. The van der Waals surface area contributed by atoms with E-state index in [-0.39, 0.29) is 16.5 Å². The predicted octanol–water partition coefficient (Wildman–Crippen LogP) is 3.53. The van der Waals surface area contributed by atoms with E-state index in [1.54, 1.807) is 30.3 Å². The maximum absolute atomic E-state index is 13.0. The number of amides is 1. The summed E-state index contributed by atoms with van der Waals surface area (Å²) in [6.07, 6.45) is 4.19. The molecule has 132 valence electrons. The zero-order valence-corrected chi connectivity index (χ0v) is 14.4. The molecule has 4 aromatic rings. The van der Waals surface area contributed by atoms with Crippen LogP contribution in [-0.4, -0.2) is 30.8 Å². The number of aromatic nitrogens is 5. The number of hydrogen-bond donors (Lipinski definition) is 1. The molecular weight excluding hydrogens is 371 g/mol. The van der Waals surface area contributed by atoms with Crippen LogP contribution in [0.15, 0.2) is 55.1 Å². The van der Waals surface area contributed by atoms with Crippen LogP contribution in [0.5, 0.6) is 0 Å². The smallest absolute Gasteiger partial charge is 0.260 e. The second kappa shape index (κ2) is 7.00. The van der Waals surface area contributed by atoms with Crippen molar-refractivity contribution >= 4 is 34.4 Å². The molecule has 4 heterocycles. The zero-order chi connectivity index (χ0) is 18.8. The van der Waals surface area contributed by atoms with E-state index in [0.717, 1.165) is 0 Å². The van der Waals surface area contributed by atoms with Crippen molar-refractivity contribution in [2.45, 2.75) is 0 Å². The Kier molecular flexibility index (Phi) is 4.39. The molecule has 1 N–H and O–H groups in total. The highest BCUT2D eigenvalue weighted by atomic mass is 35.5. The van der Waals surface area contributed by atoms with Gasteiger partial charge in [-0.2, -0.15) is 4.39 Å². The lowest BCUT2D eigenvalue weighted by Gasteiger charge is -2.08. The van der Waals surface area contributed by atoms with E-state index < -0.39 is 11.9 Å². The van der Waals surface area contributed by atoms with Crippen LogP contribution in [-0.2, 0) is 0 Å². The maximum atomic E-state index is 13.0. The van der Waals surface area contributed by atoms with E-state index in [0.29, 0.717) is 22.3 Å². The molecule has 4 aromatic heterocycles. The van der Waals surface area contributed by atoms with Crippen molar-refractivity contribution in [2.24, 2.45) is 0 Å². The number of fused-ring (bicyclic) bond motifs is 1. The van der Waals surface area contributed by atoms with E-state index in [1.165, 1.54) is 24.8 Å². The minimum atomic E-state index is -0.579. The molecular formula is C18H10ClFN6O. The van der Waals surface area contributed by atoms with Gasteiger partial charge < -0.3 is 5.32 Å². The van der Waals surface area contributed by atoms with Crippen molar-refractivity contribution in [3.05, 3.63) is 71.8 Å². The summed E-state index contributed by atoms with van der Waals surface area (Å²) in [5.41, 5.74) is 2.29. The van der Waals surface area contributed by atoms with Gasteiger partial charge in [0.2, 0.25) is 5.95 Å². The van der Waals surface area contributed by atoms with Crippen LogP contribution in [0.3, 0.4) is 0 Å². The molecule has 0 saturated carbocycles. The Hall–Kier alpha value is -3.52. The molecule has 0 bridgehead atoms.